The molecule has 0 heterocycles. The van der Waals surface area contributed by atoms with Crippen molar-refractivity contribution in [2.45, 2.75) is 66.0 Å². The second kappa shape index (κ2) is 8.50. The van der Waals surface area contributed by atoms with Gasteiger partial charge < -0.3 is 10.2 Å². The van der Waals surface area contributed by atoms with Gasteiger partial charge in [0.25, 0.3) is 0 Å². The fraction of sp³-hybridized carbons (Fsp3) is 1.00. The lowest BCUT2D eigenvalue weighted by Crippen LogP contribution is -2.48. The second-order valence-corrected chi connectivity index (χ2v) is 7.92. The third-order valence-electron chi connectivity index (χ3n) is 5.21. The van der Waals surface area contributed by atoms with Crippen LogP contribution in [0.5, 0.6) is 0 Å². The predicted octanol–water partition coefficient (Wildman–Crippen LogP) is 3.06. The highest BCUT2D eigenvalue weighted by Gasteiger charge is 2.42. The Balaban J connectivity index is 2.64. The maximum atomic E-state index is 3.84. The van der Waals surface area contributed by atoms with Crippen LogP contribution >= 0.6 is 0 Å². The molecule has 0 radical (unpaired) electrons. The van der Waals surface area contributed by atoms with E-state index >= 15 is 0 Å². The minimum atomic E-state index is 0.448. The standard InChI is InChI=1S/C18H39N3/c1-8-12-19-17-16(10-11-18(17,4)5)14-21(9-2)15(3)13-20(6)7/h15-17,19H,8-14H2,1-7H3. The van der Waals surface area contributed by atoms with E-state index in [1.807, 2.05) is 0 Å². The molecule has 1 rings (SSSR count). The van der Waals surface area contributed by atoms with Crippen molar-refractivity contribution in [3.05, 3.63) is 0 Å². The van der Waals surface area contributed by atoms with Crippen molar-refractivity contribution in [3.8, 4) is 0 Å². The summed E-state index contributed by atoms with van der Waals surface area (Å²) in [7, 11) is 4.35. The molecule has 21 heavy (non-hydrogen) atoms. The van der Waals surface area contributed by atoms with Gasteiger partial charge in [0.2, 0.25) is 0 Å². The topological polar surface area (TPSA) is 18.5 Å². The molecule has 0 bridgehead atoms. The van der Waals surface area contributed by atoms with Crippen molar-refractivity contribution in [1.82, 2.24) is 15.1 Å². The fourth-order valence-electron chi connectivity index (χ4n) is 4.02. The molecule has 0 spiro atoms. The highest BCUT2D eigenvalue weighted by atomic mass is 15.2. The maximum absolute atomic E-state index is 3.84. The minimum Gasteiger partial charge on any atom is -0.313 e. The van der Waals surface area contributed by atoms with E-state index in [9.17, 15) is 0 Å². The van der Waals surface area contributed by atoms with Crippen molar-refractivity contribution >= 4 is 0 Å². The quantitative estimate of drug-likeness (QED) is 0.705. The lowest BCUT2D eigenvalue weighted by Gasteiger charge is -2.37. The highest BCUT2D eigenvalue weighted by Crippen LogP contribution is 2.41. The van der Waals surface area contributed by atoms with E-state index in [1.165, 1.54) is 25.8 Å². The van der Waals surface area contributed by atoms with Crippen LogP contribution in [-0.4, -0.2) is 62.2 Å². The van der Waals surface area contributed by atoms with E-state index in [1.54, 1.807) is 0 Å². The van der Waals surface area contributed by atoms with E-state index in [-0.39, 0.29) is 0 Å². The number of rotatable bonds is 9. The molecule has 0 aliphatic heterocycles. The molecular weight excluding hydrogens is 258 g/mol. The first-order valence-corrected chi connectivity index (χ1v) is 8.94. The summed E-state index contributed by atoms with van der Waals surface area (Å²) in [6.07, 6.45) is 3.96. The normalized spacial score (nSPS) is 26.7. The Bertz CT molecular complexity index is 288. The zero-order valence-corrected chi connectivity index (χ0v) is 15.6. The number of nitrogens with zero attached hydrogens (tertiary/aromatic N) is 2. The van der Waals surface area contributed by atoms with Gasteiger partial charge in [-0.05, 0) is 64.7 Å². The molecule has 1 saturated carbocycles. The summed E-state index contributed by atoms with van der Waals surface area (Å²) >= 11 is 0. The molecule has 1 aliphatic rings. The predicted molar refractivity (Wildman–Crippen MR) is 93.8 cm³/mol. The number of hydrogen-bond donors (Lipinski definition) is 1. The Morgan fingerprint density at radius 3 is 2.43 bits per heavy atom. The zero-order chi connectivity index (χ0) is 16.0. The lowest BCUT2D eigenvalue weighted by atomic mass is 9.84. The first-order chi connectivity index (χ1) is 9.81. The molecular formula is C18H39N3. The van der Waals surface area contributed by atoms with Crippen LogP contribution in [0.3, 0.4) is 0 Å². The van der Waals surface area contributed by atoms with E-state index in [4.69, 9.17) is 0 Å². The van der Waals surface area contributed by atoms with E-state index in [0.717, 1.165) is 25.6 Å². The van der Waals surface area contributed by atoms with Gasteiger partial charge in [-0.15, -0.1) is 0 Å². The minimum absolute atomic E-state index is 0.448. The van der Waals surface area contributed by atoms with Crippen molar-refractivity contribution in [3.63, 3.8) is 0 Å². The van der Waals surface area contributed by atoms with Crippen LogP contribution in [0.1, 0.15) is 53.9 Å². The van der Waals surface area contributed by atoms with Gasteiger partial charge in [-0.1, -0.05) is 27.7 Å². The summed E-state index contributed by atoms with van der Waals surface area (Å²) in [4.78, 5) is 4.98. The molecule has 0 aromatic carbocycles. The average molecular weight is 298 g/mol. The molecule has 1 fully saturated rings. The summed E-state index contributed by atoms with van der Waals surface area (Å²) in [5, 5.41) is 3.84. The zero-order valence-electron chi connectivity index (χ0n) is 15.6. The van der Waals surface area contributed by atoms with Crippen LogP contribution in [-0.2, 0) is 0 Å². The summed E-state index contributed by atoms with van der Waals surface area (Å²) in [6, 6.07) is 1.32. The largest absolute Gasteiger partial charge is 0.313 e. The Hall–Kier alpha value is -0.120. The van der Waals surface area contributed by atoms with Crippen LogP contribution in [0.4, 0.5) is 0 Å². The van der Waals surface area contributed by atoms with Gasteiger partial charge in [0.05, 0.1) is 0 Å². The third-order valence-corrected chi connectivity index (χ3v) is 5.21. The monoisotopic (exact) mass is 297 g/mol. The molecule has 1 N–H and O–H groups in total. The molecule has 1 aliphatic carbocycles. The lowest BCUT2D eigenvalue weighted by molar-refractivity contribution is 0.137. The van der Waals surface area contributed by atoms with Gasteiger partial charge in [-0.3, -0.25) is 4.90 Å². The van der Waals surface area contributed by atoms with Crippen LogP contribution in [0, 0.1) is 11.3 Å². The summed E-state index contributed by atoms with van der Waals surface area (Å²) < 4.78 is 0. The number of nitrogens with one attached hydrogen (secondary N) is 1. The Kier molecular flexibility index (Phi) is 7.66. The van der Waals surface area contributed by atoms with Gasteiger partial charge >= 0.3 is 0 Å². The van der Waals surface area contributed by atoms with Gasteiger partial charge in [0.15, 0.2) is 0 Å². The first kappa shape index (κ1) is 18.9. The molecule has 126 valence electrons. The summed E-state index contributed by atoms with van der Waals surface area (Å²) in [5.41, 5.74) is 0.448. The molecule has 3 nitrogen and oxygen atoms in total. The van der Waals surface area contributed by atoms with Crippen LogP contribution in [0.25, 0.3) is 0 Å². The third kappa shape index (κ3) is 5.54. The summed E-state index contributed by atoms with van der Waals surface area (Å²) in [5.74, 6) is 0.802. The number of likely N-dealkylation sites (N-methyl/N-ethyl adjacent to an activating group) is 2. The van der Waals surface area contributed by atoms with Crippen LogP contribution in [0.2, 0.25) is 0 Å². The molecule has 0 aromatic heterocycles. The van der Waals surface area contributed by atoms with E-state index in [0.29, 0.717) is 17.5 Å². The van der Waals surface area contributed by atoms with E-state index < -0.39 is 0 Å². The smallest absolute Gasteiger partial charge is 0.0194 e. The van der Waals surface area contributed by atoms with Gasteiger partial charge in [0.1, 0.15) is 0 Å². The number of hydrogen-bond acceptors (Lipinski definition) is 3. The molecule has 3 atom stereocenters. The van der Waals surface area contributed by atoms with Crippen LogP contribution < -0.4 is 5.32 Å². The second-order valence-electron chi connectivity index (χ2n) is 7.92. The Morgan fingerprint density at radius 1 is 1.24 bits per heavy atom. The van der Waals surface area contributed by atoms with E-state index in [2.05, 4.69) is 63.8 Å². The van der Waals surface area contributed by atoms with Crippen LogP contribution in [0.15, 0.2) is 0 Å². The van der Waals surface area contributed by atoms with Crippen molar-refractivity contribution < 1.29 is 0 Å². The van der Waals surface area contributed by atoms with Crippen molar-refractivity contribution in [1.29, 1.82) is 0 Å². The van der Waals surface area contributed by atoms with Gasteiger partial charge in [-0.25, -0.2) is 0 Å². The SMILES string of the molecule is CCCNC1C(CN(CC)C(C)CN(C)C)CCC1(C)C. The molecule has 3 unspecified atom stereocenters. The fourth-order valence-corrected chi connectivity index (χ4v) is 4.02. The van der Waals surface area contributed by atoms with Gasteiger partial charge in [-0.2, -0.15) is 0 Å². The Labute approximate surface area is 133 Å². The van der Waals surface area contributed by atoms with Crippen molar-refractivity contribution in [2.24, 2.45) is 11.3 Å². The molecule has 0 aromatic rings. The van der Waals surface area contributed by atoms with Crippen molar-refractivity contribution in [2.75, 3.05) is 40.3 Å². The Morgan fingerprint density at radius 2 is 1.90 bits per heavy atom. The molecule has 3 heteroatoms. The average Bonchev–Trinajstić information content (AvgIpc) is 2.67. The highest BCUT2D eigenvalue weighted by molar-refractivity contribution is 4.97. The van der Waals surface area contributed by atoms with Gasteiger partial charge in [0, 0.05) is 25.2 Å². The first-order valence-electron chi connectivity index (χ1n) is 8.94. The maximum Gasteiger partial charge on any atom is 0.0194 e. The molecule has 0 saturated heterocycles. The summed E-state index contributed by atoms with van der Waals surface area (Å²) in [6.45, 7) is 16.5. The molecule has 0 amide bonds.